The van der Waals surface area contributed by atoms with E-state index in [-0.39, 0.29) is 24.0 Å². The molecule has 0 saturated carbocycles. The average Bonchev–Trinajstić information content (AvgIpc) is 3.10. The maximum Gasteiger partial charge on any atom is 0.434 e. The highest BCUT2D eigenvalue weighted by atomic mass is 127. The highest BCUT2D eigenvalue weighted by Gasteiger charge is 2.33. The number of piperidine rings is 1. The maximum absolute atomic E-state index is 12.6. The van der Waals surface area contributed by atoms with Crippen LogP contribution in [0.3, 0.4) is 0 Å². The first kappa shape index (κ1) is 25.4. The van der Waals surface area contributed by atoms with Crippen LogP contribution in [-0.2, 0) is 12.6 Å². The van der Waals surface area contributed by atoms with Crippen LogP contribution < -0.4 is 10.6 Å². The zero-order chi connectivity index (χ0) is 19.7. The predicted molar refractivity (Wildman–Crippen MR) is 120 cm³/mol. The van der Waals surface area contributed by atoms with Crippen molar-refractivity contribution in [3.8, 4) is 0 Å². The van der Waals surface area contributed by atoms with Crippen LogP contribution in [0, 0.1) is 5.92 Å². The summed E-state index contributed by atoms with van der Waals surface area (Å²) in [6.45, 7) is 9.70. The molecule has 1 aromatic rings. The van der Waals surface area contributed by atoms with E-state index in [2.05, 4.69) is 32.4 Å². The van der Waals surface area contributed by atoms with Crippen LogP contribution in [-0.4, -0.2) is 55.1 Å². The van der Waals surface area contributed by atoms with E-state index in [1.807, 2.05) is 6.92 Å². The number of aliphatic imine (C=N–C) groups is 1. The van der Waals surface area contributed by atoms with Gasteiger partial charge in [-0.05, 0) is 51.7 Å². The van der Waals surface area contributed by atoms with Gasteiger partial charge < -0.3 is 15.5 Å². The van der Waals surface area contributed by atoms with Gasteiger partial charge in [-0.3, -0.25) is 4.99 Å². The molecule has 162 valence electrons. The van der Waals surface area contributed by atoms with E-state index in [4.69, 9.17) is 0 Å². The monoisotopic (exact) mass is 533 g/mol. The van der Waals surface area contributed by atoms with E-state index in [1.165, 1.54) is 25.8 Å². The molecule has 1 fully saturated rings. The summed E-state index contributed by atoms with van der Waals surface area (Å²) < 4.78 is 37.8. The molecule has 5 nitrogen and oxygen atoms in total. The number of guanidine groups is 1. The van der Waals surface area contributed by atoms with Gasteiger partial charge in [0.1, 0.15) is 0 Å². The molecule has 1 aliphatic rings. The Labute approximate surface area is 186 Å². The lowest BCUT2D eigenvalue weighted by Gasteiger charge is -2.31. The number of alkyl halides is 3. The number of aromatic nitrogens is 1. The average molecular weight is 533 g/mol. The van der Waals surface area contributed by atoms with Gasteiger partial charge in [0.05, 0.1) is 5.01 Å². The highest BCUT2D eigenvalue weighted by Crippen LogP contribution is 2.30. The Hall–Kier alpha value is -0.620. The van der Waals surface area contributed by atoms with Gasteiger partial charge in [0, 0.05) is 31.4 Å². The van der Waals surface area contributed by atoms with Gasteiger partial charge in [-0.25, -0.2) is 4.98 Å². The fourth-order valence-corrected chi connectivity index (χ4v) is 3.92. The zero-order valence-corrected chi connectivity index (χ0v) is 19.7. The first-order valence-corrected chi connectivity index (χ1v) is 10.6. The summed E-state index contributed by atoms with van der Waals surface area (Å²) in [5.74, 6) is 1.32. The van der Waals surface area contributed by atoms with Crippen molar-refractivity contribution in [3.05, 3.63) is 16.1 Å². The van der Waals surface area contributed by atoms with E-state index < -0.39 is 11.9 Å². The van der Waals surface area contributed by atoms with Crippen LogP contribution in [0.15, 0.2) is 10.4 Å². The quantitative estimate of drug-likeness (QED) is 0.302. The van der Waals surface area contributed by atoms with Gasteiger partial charge >= 0.3 is 6.18 Å². The van der Waals surface area contributed by atoms with Crippen molar-refractivity contribution in [1.82, 2.24) is 20.5 Å². The summed E-state index contributed by atoms with van der Waals surface area (Å²) in [7, 11) is 0. The zero-order valence-electron chi connectivity index (χ0n) is 16.5. The minimum absolute atomic E-state index is 0. The molecule has 0 bridgehead atoms. The minimum Gasteiger partial charge on any atom is -0.357 e. The number of nitrogens with zero attached hydrogens (tertiary/aromatic N) is 3. The van der Waals surface area contributed by atoms with Crippen molar-refractivity contribution in [3.63, 3.8) is 0 Å². The topological polar surface area (TPSA) is 52.5 Å². The van der Waals surface area contributed by atoms with Crippen LogP contribution in [0.4, 0.5) is 13.2 Å². The van der Waals surface area contributed by atoms with Gasteiger partial charge in [0.25, 0.3) is 0 Å². The molecule has 0 aromatic carbocycles. The van der Waals surface area contributed by atoms with Crippen molar-refractivity contribution in [1.29, 1.82) is 0 Å². The van der Waals surface area contributed by atoms with Crippen LogP contribution in [0.25, 0.3) is 0 Å². The molecule has 0 aliphatic carbocycles. The van der Waals surface area contributed by atoms with E-state index in [9.17, 15) is 13.2 Å². The number of thiazole rings is 1. The normalized spacial score (nSPS) is 16.7. The Balaban J connectivity index is 0.00000392. The first-order valence-electron chi connectivity index (χ1n) is 9.68. The number of halogens is 4. The highest BCUT2D eigenvalue weighted by molar-refractivity contribution is 14.0. The number of nitrogens with one attached hydrogen (secondary N) is 2. The molecule has 1 aliphatic heterocycles. The molecule has 2 N–H and O–H groups in total. The molecule has 2 heterocycles. The molecule has 0 amide bonds. The number of likely N-dealkylation sites (tertiary alicyclic amines) is 1. The third-order valence-corrected chi connectivity index (χ3v) is 5.48. The van der Waals surface area contributed by atoms with Crippen molar-refractivity contribution in [2.24, 2.45) is 10.9 Å². The Morgan fingerprint density at radius 1 is 1.29 bits per heavy atom. The molecular formula is C18H31F3IN5S. The first-order chi connectivity index (χ1) is 12.9. The van der Waals surface area contributed by atoms with Crippen molar-refractivity contribution in [2.45, 2.75) is 45.7 Å². The summed E-state index contributed by atoms with van der Waals surface area (Å²) in [6.07, 6.45) is -0.392. The smallest absolute Gasteiger partial charge is 0.357 e. The van der Waals surface area contributed by atoms with Gasteiger partial charge in [0.2, 0.25) is 0 Å². The second-order valence-electron chi connectivity index (χ2n) is 6.81. The molecule has 10 heteroatoms. The van der Waals surface area contributed by atoms with Crippen LogP contribution in [0.2, 0.25) is 0 Å². The molecule has 1 aromatic heterocycles. The molecule has 28 heavy (non-hydrogen) atoms. The Morgan fingerprint density at radius 3 is 2.57 bits per heavy atom. The molecule has 0 radical (unpaired) electrons. The lowest BCUT2D eigenvalue weighted by Crippen LogP contribution is -2.39. The number of rotatable bonds is 8. The fraction of sp³-hybridized carbons (Fsp3) is 0.778. The lowest BCUT2D eigenvalue weighted by molar-refractivity contribution is -0.140. The Morgan fingerprint density at radius 2 is 2.00 bits per heavy atom. The van der Waals surface area contributed by atoms with Gasteiger partial charge in [-0.15, -0.1) is 35.3 Å². The second-order valence-corrected chi connectivity index (χ2v) is 7.75. The molecular weight excluding hydrogens is 502 g/mol. The number of hydrogen-bond acceptors (Lipinski definition) is 4. The van der Waals surface area contributed by atoms with E-state index in [0.717, 1.165) is 48.9 Å². The fourth-order valence-electron chi connectivity index (χ4n) is 3.11. The summed E-state index contributed by atoms with van der Waals surface area (Å²) in [4.78, 5) is 10.8. The van der Waals surface area contributed by atoms with Crippen LogP contribution >= 0.6 is 35.3 Å². The molecule has 2 rings (SSSR count). The van der Waals surface area contributed by atoms with E-state index in [1.54, 1.807) is 0 Å². The standard InChI is InChI=1S/C18H30F3N5S.HI/c1-3-9-26-10-6-14(7-11-26)12-24-17(22-4-2)23-8-5-16-25-15(13-27-16)18(19,20)21;/h13-14H,3-12H2,1-2H3,(H2,22,23,24);1H. The minimum atomic E-state index is -4.37. The summed E-state index contributed by atoms with van der Waals surface area (Å²) in [6, 6.07) is 0. The lowest BCUT2D eigenvalue weighted by atomic mass is 9.97. The van der Waals surface area contributed by atoms with Gasteiger partial charge in [-0.1, -0.05) is 6.92 Å². The Kier molecular flexibility index (Phi) is 11.7. The summed E-state index contributed by atoms with van der Waals surface area (Å²) in [5, 5.41) is 7.95. The summed E-state index contributed by atoms with van der Waals surface area (Å²) in [5.41, 5.74) is -0.808. The van der Waals surface area contributed by atoms with Crippen LogP contribution in [0.1, 0.15) is 43.8 Å². The SMILES string of the molecule is CCCN1CCC(CN=C(NCC)NCCc2nc(C(F)(F)F)cs2)CC1.I. The molecule has 1 saturated heterocycles. The van der Waals surface area contributed by atoms with Crippen LogP contribution in [0.5, 0.6) is 0 Å². The van der Waals surface area contributed by atoms with Gasteiger partial charge in [-0.2, -0.15) is 13.2 Å². The van der Waals surface area contributed by atoms with Gasteiger partial charge in [0.15, 0.2) is 11.7 Å². The maximum atomic E-state index is 12.6. The predicted octanol–water partition coefficient (Wildman–Crippen LogP) is 4.00. The Bertz CT molecular complexity index is 586. The third-order valence-electron chi connectivity index (χ3n) is 4.57. The molecule has 0 spiro atoms. The summed E-state index contributed by atoms with van der Waals surface area (Å²) >= 11 is 1.05. The van der Waals surface area contributed by atoms with Crippen molar-refractivity contribution in [2.75, 3.05) is 39.3 Å². The largest absolute Gasteiger partial charge is 0.434 e. The van der Waals surface area contributed by atoms with E-state index >= 15 is 0 Å². The third kappa shape index (κ3) is 8.81. The van der Waals surface area contributed by atoms with E-state index in [0.29, 0.717) is 23.9 Å². The number of hydrogen-bond donors (Lipinski definition) is 2. The van der Waals surface area contributed by atoms with Crippen molar-refractivity contribution < 1.29 is 13.2 Å². The molecule has 0 atom stereocenters. The van der Waals surface area contributed by atoms with Crippen molar-refractivity contribution >= 4 is 41.3 Å². The second kappa shape index (κ2) is 12.8. The molecule has 0 unspecified atom stereocenters.